The van der Waals surface area contributed by atoms with E-state index in [1.807, 2.05) is 6.07 Å². The van der Waals surface area contributed by atoms with Crippen molar-refractivity contribution in [2.45, 2.75) is 19.6 Å². The van der Waals surface area contributed by atoms with E-state index in [9.17, 15) is 0 Å². The summed E-state index contributed by atoms with van der Waals surface area (Å²) in [6, 6.07) is 10.5. The molecule has 0 nitrogen and oxygen atoms in total. The average molecular weight is 217 g/mol. The molecule has 0 heterocycles. The summed E-state index contributed by atoms with van der Waals surface area (Å²) >= 11 is 0. The van der Waals surface area contributed by atoms with Crippen LogP contribution in [0, 0.1) is 0 Å². The highest BCUT2D eigenvalue weighted by Crippen LogP contribution is 2.55. The van der Waals surface area contributed by atoms with Crippen molar-refractivity contribution in [3.63, 3.8) is 0 Å². The molecule has 0 fully saturated rings. The van der Waals surface area contributed by atoms with Gasteiger partial charge < -0.3 is 0 Å². The van der Waals surface area contributed by atoms with E-state index in [2.05, 4.69) is 38.1 Å². The van der Waals surface area contributed by atoms with Gasteiger partial charge in [0.1, 0.15) is 0 Å². The Bertz CT molecular complexity index is 242. The van der Waals surface area contributed by atoms with Crippen LogP contribution in [0.3, 0.4) is 0 Å². The monoisotopic (exact) mass is 216 g/mol. The first-order chi connectivity index (χ1) is 6.20. The van der Waals surface area contributed by atoms with E-state index in [4.69, 9.17) is 10.7 Å². The predicted octanol–water partition coefficient (Wildman–Crippen LogP) is 4.18. The molecule has 0 atom stereocenters. The summed E-state index contributed by atoms with van der Waals surface area (Å²) in [6.45, 7) is 4.38. The van der Waals surface area contributed by atoms with Gasteiger partial charge >= 0.3 is 0 Å². The first-order valence-corrected chi connectivity index (χ1v) is 7.67. The van der Waals surface area contributed by atoms with E-state index in [0.717, 1.165) is 17.3 Å². The second-order valence-corrected chi connectivity index (χ2v) is 8.43. The van der Waals surface area contributed by atoms with Gasteiger partial charge in [-0.15, -0.1) is 0 Å². The summed E-state index contributed by atoms with van der Waals surface area (Å²) in [6.07, 6.45) is 0. The third-order valence-corrected chi connectivity index (χ3v) is 6.86. The van der Waals surface area contributed by atoms with Gasteiger partial charge in [-0.05, 0) is 17.1 Å². The topological polar surface area (TPSA) is 0 Å². The van der Waals surface area contributed by atoms with Crippen molar-refractivity contribution in [3.8, 4) is 0 Å². The van der Waals surface area contributed by atoms with E-state index in [-0.39, 0.29) is 0 Å². The normalized spacial score (nSPS) is 12.8. The lowest BCUT2D eigenvalue weighted by molar-refractivity contribution is 1.33. The minimum Gasteiger partial charge on any atom is -0.159 e. The fraction of sp³-hybridized carbons (Fsp3) is 0.455. The summed E-state index contributed by atoms with van der Waals surface area (Å²) < 4.78 is 0. The number of rotatable bonds is 4. The number of hydrogen-bond acceptors (Lipinski definition) is 0. The Labute approximate surface area is 87.1 Å². The van der Waals surface area contributed by atoms with Gasteiger partial charge in [-0.25, -0.2) is 0 Å². The number of halogens is 1. The molecule has 0 saturated carbocycles. The van der Waals surface area contributed by atoms with E-state index in [1.54, 1.807) is 0 Å². The molecule has 0 spiro atoms. The molecule has 0 amide bonds. The third-order valence-electron chi connectivity index (χ3n) is 2.30. The molecule has 0 aliphatic rings. The molecule has 0 aromatic heterocycles. The molecule has 0 unspecified atom stereocenters. The smallest absolute Gasteiger partial charge is 0.0151 e. The van der Waals surface area contributed by atoms with Crippen LogP contribution in [0.1, 0.15) is 19.4 Å². The van der Waals surface area contributed by atoms with Gasteiger partial charge in [-0.1, -0.05) is 54.9 Å². The molecule has 0 N–H and O–H groups in total. The number of hydrogen-bond donors (Lipinski definition) is 0. The van der Waals surface area contributed by atoms with E-state index in [1.165, 1.54) is 5.56 Å². The van der Waals surface area contributed by atoms with Crippen LogP contribution in [-0.4, -0.2) is 11.5 Å². The van der Waals surface area contributed by atoms with E-state index >= 15 is 0 Å². The maximum absolute atomic E-state index is 6.53. The summed E-state index contributed by atoms with van der Waals surface area (Å²) in [5, 5.41) is 0. The average Bonchev–Trinajstić information content (AvgIpc) is 2.19. The van der Waals surface area contributed by atoms with Crippen molar-refractivity contribution in [2.24, 2.45) is 0 Å². The summed E-state index contributed by atoms with van der Waals surface area (Å²) in [5.41, 5.74) is 1.37. The van der Waals surface area contributed by atoms with Crippen molar-refractivity contribution in [2.75, 3.05) is 11.5 Å². The van der Waals surface area contributed by atoms with Crippen molar-refractivity contribution >= 4 is 19.9 Å². The van der Waals surface area contributed by atoms with Crippen LogP contribution in [0.2, 0.25) is 0 Å². The summed E-state index contributed by atoms with van der Waals surface area (Å²) in [4.78, 5) is 0. The maximum atomic E-state index is 6.53. The minimum atomic E-state index is -0.896. The molecule has 2 heteroatoms. The first-order valence-electron chi connectivity index (χ1n) is 4.70. The van der Waals surface area contributed by atoms with Crippen LogP contribution in [-0.2, 0) is 5.75 Å². The van der Waals surface area contributed by atoms with E-state index < -0.39 is 9.24 Å². The zero-order valence-electron chi connectivity index (χ0n) is 8.29. The molecule has 0 bridgehead atoms. The zero-order chi connectivity index (χ0) is 9.73. The lowest BCUT2D eigenvalue weighted by Gasteiger charge is -2.30. The third kappa shape index (κ3) is 3.24. The van der Waals surface area contributed by atoms with Gasteiger partial charge in [-0.3, -0.25) is 0 Å². The van der Waals surface area contributed by atoms with Gasteiger partial charge in [0, 0.05) is 5.75 Å². The molecule has 0 aliphatic heterocycles. The van der Waals surface area contributed by atoms with Crippen LogP contribution < -0.4 is 0 Å². The molecule has 1 aromatic rings. The van der Waals surface area contributed by atoms with E-state index in [0.29, 0.717) is 0 Å². The Morgan fingerprint density at radius 1 is 1.08 bits per heavy atom. The number of benzene rings is 1. The Kier molecular flexibility index (Phi) is 4.14. The molecule has 13 heavy (non-hydrogen) atoms. The lowest BCUT2D eigenvalue weighted by atomic mass is 10.2. The second kappa shape index (κ2) is 4.92. The van der Waals surface area contributed by atoms with Crippen LogP contribution in [0.15, 0.2) is 30.3 Å². The van der Waals surface area contributed by atoms with Crippen LogP contribution in [0.5, 0.6) is 0 Å². The predicted molar refractivity (Wildman–Crippen MR) is 64.7 cm³/mol. The van der Waals surface area contributed by atoms with Crippen molar-refractivity contribution in [1.29, 1.82) is 0 Å². The molecule has 74 valence electrons. The summed E-state index contributed by atoms with van der Waals surface area (Å²) in [7, 11) is 5.63. The highest BCUT2D eigenvalue weighted by atomic mass is 35.7. The highest BCUT2D eigenvalue weighted by molar-refractivity contribution is 8.50. The summed E-state index contributed by atoms with van der Waals surface area (Å²) in [5.74, 6) is 3.28. The largest absolute Gasteiger partial charge is 0.159 e. The lowest BCUT2D eigenvalue weighted by Crippen LogP contribution is -2.01. The first kappa shape index (κ1) is 10.9. The minimum absolute atomic E-state index is 0.896. The molecule has 1 aromatic carbocycles. The molecule has 0 radical (unpaired) electrons. The Hall–Kier alpha value is -0.140. The van der Waals surface area contributed by atoms with Gasteiger partial charge in [0.05, 0.1) is 0 Å². The standard InChI is InChI=1S/C11H17ClS/c1-3-13(12,4-2)10-11-8-6-5-7-9-11/h5-9H,3-4,10H2,1-2H3. The molecule has 0 aliphatic carbocycles. The molecular weight excluding hydrogens is 200 g/mol. The van der Waals surface area contributed by atoms with Gasteiger partial charge in [-0.2, -0.15) is 9.24 Å². The van der Waals surface area contributed by atoms with Crippen LogP contribution >= 0.6 is 19.9 Å². The van der Waals surface area contributed by atoms with Crippen molar-refractivity contribution in [1.82, 2.24) is 0 Å². The van der Waals surface area contributed by atoms with Crippen LogP contribution in [0.25, 0.3) is 0 Å². The molecule has 1 rings (SSSR count). The Morgan fingerprint density at radius 3 is 2.08 bits per heavy atom. The van der Waals surface area contributed by atoms with Gasteiger partial charge in [0.15, 0.2) is 0 Å². The SMILES string of the molecule is CCS(Cl)(CC)Cc1ccccc1. The fourth-order valence-corrected chi connectivity index (χ4v) is 3.27. The fourth-order valence-electron chi connectivity index (χ4n) is 1.28. The highest BCUT2D eigenvalue weighted by Gasteiger charge is 2.16. The van der Waals surface area contributed by atoms with Crippen molar-refractivity contribution in [3.05, 3.63) is 35.9 Å². The quantitative estimate of drug-likeness (QED) is 0.708. The maximum Gasteiger partial charge on any atom is 0.0151 e. The van der Waals surface area contributed by atoms with Crippen LogP contribution in [0.4, 0.5) is 0 Å². The Balaban J connectivity index is 2.68. The Morgan fingerprint density at radius 2 is 1.62 bits per heavy atom. The molecular formula is C11H17ClS. The molecule has 0 saturated heterocycles. The van der Waals surface area contributed by atoms with Gasteiger partial charge in [0.25, 0.3) is 0 Å². The van der Waals surface area contributed by atoms with Gasteiger partial charge in [0.2, 0.25) is 0 Å². The zero-order valence-corrected chi connectivity index (χ0v) is 9.87. The second-order valence-electron chi connectivity index (χ2n) is 3.15. The van der Waals surface area contributed by atoms with Crippen molar-refractivity contribution < 1.29 is 0 Å².